The third kappa shape index (κ3) is 3.30. The number of carbonyl (C=O) groups is 2. The number of nitrogens with zero attached hydrogens (tertiary/aromatic N) is 2. The SMILES string of the molecule is CCCC(C#N)(CCC)C(=O)N1CCC(C(=O)OC)C1. The highest BCUT2D eigenvalue weighted by Crippen LogP contribution is 2.33. The smallest absolute Gasteiger partial charge is 0.310 e. The highest BCUT2D eigenvalue weighted by molar-refractivity contribution is 5.86. The minimum atomic E-state index is -0.922. The third-order valence-electron chi connectivity index (χ3n) is 3.99. The number of ether oxygens (including phenoxy) is 1. The Morgan fingerprint density at radius 3 is 2.40 bits per heavy atom. The van der Waals surface area contributed by atoms with Crippen LogP contribution in [0.4, 0.5) is 0 Å². The van der Waals surface area contributed by atoms with Gasteiger partial charge < -0.3 is 9.64 Å². The van der Waals surface area contributed by atoms with Crippen LogP contribution in [0.15, 0.2) is 0 Å². The van der Waals surface area contributed by atoms with E-state index in [2.05, 4.69) is 6.07 Å². The van der Waals surface area contributed by atoms with E-state index in [4.69, 9.17) is 4.74 Å². The van der Waals surface area contributed by atoms with Gasteiger partial charge >= 0.3 is 5.97 Å². The Bertz CT molecular complexity index is 394. The van der Waals surface area contributed by atoms with Crippen molar-refractivity contribution < 1.29 is 14.3 Å². The fourth-order valence-electron chi connectivity index (χ4n) is 2.96. The van der Waals surface area contributed by atoms with Gasteiger partial charge in [0.05, 0.1) is 19.1 Å². The first-order chi connectivity index (χ1) is 9.54. The topological polar surface area (TPSA) is 70.4 Å². The predicted molar refractivity (Wildman–Crippen MR) is 74.6 cm³/mol. The van der Waals surface area contributed by atoms with Gasteiger partial charge in [-0.1, -0.05) is 26.7 Å². The normalized spacial score (nSPS) is 18.7. The number of hydrogen-bond donors (Lipinski definition) is 0. The van der Waals surface area contributed by atoms with Crippen molar-refractivity contribution in [2.24, 2.45) is 11.3 Å². The number of likely N-dealkylation sites (tertiary alicyclic amines) is 1. The molecule has 20 heavy (non-hydrogen) atoms. The van der Waals surface area contributed by atoms with Crippen molar-refractivity contribution in [3.8, 4) is 6.07 Å². The van der Waals surface area contributed by atoms with Crippen LogP contribution < -0.4 is 0 Å². The Labute approximate surface area is 120 Å². The van der Waals surface area contributed by atoms with Gasteiger partial charge in [0, 0.05) is 13.1 Å². The van der Waals surface area contributed by atoms with Crippen LogP contribution in [0.25, 0.3) is 0 Å². The van der Waals surface area contributed by atoms with Crippen molar-refractivity contribution in [3.63, 3.8) is 0 Å². The summed E-state index contributed by atoms with van der Waals surface area (Å²) in [5.41, 5.74) is -0.922. The molecule has 0 aliphatic carbocycles. The Balaban J connectivity index is 2.82. The van der Waals surface area contributed by atoms with Crippen LogP contribution in [0.5, 0.6) is 0 Å². The molecule has 1 saturated heterocycles. The summed E-state index contributed by atoms with van der Waals surface area (Å²) in [6.07, 6.45) is 3.38. The van der Waals surface area contributed by atoms with Gasteiger partial charge in [-0.3, -0.25) is 9.59 Å². The maximum absolute atomic E-state index is 12.7. The number of rotatable bonds is 6. The molecule has 1 atom stereocenters. The first-order valence-corrected chi connectivity index (χ1v) is 7.33. The monoisotopic (exact) mass is 280 g/mol. The van der Waals surface area contributed by atoms with Gasteiger partial charge in [-0.05, 0) is 19.3 Å². The van der Waals surface area contributed by atoms with E-state index in [1.54, 1.807) is 4.90 Å². The molecule has 0 bridgehead atoms. The molecule has 1 rings (SSSR count). The lowest BCUT2D eigenvalue weighted by atomic mass is 9.79. The van der Waals surface area contributed by atoms with Crippen molar-refractivity contribution in [1.82, 2.24) is 4.90 Å². The van der Waals surface area contributed by atoms with E-state index in [1.165, 1.54) is 7.11 Å². The third-order valence-corrected chi connectivity index (χ3v) is 3.99. The summed E-state index contributed by atoms with van der Waals surface area (Å²) in [4.78, 5) is 25.9. The molecule has 1 fully saturated rings. The second kappa shape index (κ2) is 7.28. The molecule has 1 unspecified atom stereocenters. The minimum Gasteiger partial charge on any atom is -0.469 e. The number of nitriles is 1. The van der Waals surface area contributed by atoms with Crippen LogP contribution in [-0.4, -0.2) is 37.0 Å². The van der Waals surface area contributed by atoms with Crippen LogP contribution >= 0.6 is 0 Å². The first-order valence-electron chi connectivity index (χ1n) is 7.33. The predicted octanol–water partition coefficient (Wildman–Crippen LogP) is 2.12. The zero-order valence-electron chi connectivity index (χ0n) is 12.6. The number of hydrogen-bond acceptors (Lipinski definition) is 4. The van der Waals surface area contributed by atoms with Gasteiger partial charge in [0.15, 0.2) is 0 Å². The summed E-state index contributed by atoms with van der Waals surface area (Å²) in [5.74, 6) is -0.632. The van der Waals surface area contributed by atoms with Crippen molar-refractivity contribution >= 4 is 11.9 Å². The lowest BCUT2D eigenvalue weighted by Gasteiger charge is -2.29. The lowest BCUT2D eigenvalue weighted by molar-refractivity contribution is -0.145. The average molecular weight is 280 g/mol. The summed E-state index contributed by atoms with van der Waals surface area (Å²) in [5, 5.41) is 9.50. The standard InChI is InChI=1S/C15H24N2O3/c1-4-7-15(11-16,8-5-2)14(19)17-9-6-12(10-17)13(18)20-3/h12H,4-10H2,1-3H3. The maximum Gasteiger partial charge on any atom is 0.310 e. The highest BCUT2D eigenvalue weighted by atomic mass is 16.5. The molecule has 112 valence electrons. The van der Waals surface area contributed by atoms with E-state index < -0.39 is 5.41 Å². The van der Waals surface area contributed by atoms with Crippen molar-refractivity contribution in [2.45, 2.75) is 46.0 Å². The Hall–Kier alpha value is -1.57. The van der Waals surface area contributed by atoms with Crippen LogP contribution in [0.1, 0.15) is 46.0 Å². The van der Waals surface area contributed by atoms with Gasteiger partial charge in [0.25, 0.3) is 0 Å². The Morgan fingerprint density at radius 2 is 1.95 bits per heavy atom. The van der Waals surface area contributed by atoms with E-state index in [-0.39, 0.29) is 17.8 Å². The molecule has 1 aliphatic heterocycles. The number of carbonyl (C=O) groups excluding carboxylic acids is 2. The molecule has 0 aromatic carbocycles. The molecule has 0 N–H and O–H groups in total. The van der Waals surface area contributed by atoms with E-state index in [9.17, 15) is 14.9 Å². The summed E-state index contributed by atoms with van der Waals surface area (Å²) >= 11 is 0. The van der Waals surface area contributed by atoms with E-state index in [1.807, 2.05) is 13.8 Å². The van der Waals surface area contributed by atoms with Crippen molar-refractivity contribution in [2.75, 3.05) is 20.2 Å². The molecule has 5 heteroatoms. The van der Waals surface area contributed by atoms with Crippen molar-refractivity contribution in [1.29, 1.82) is 5.26 Å². The summed E-state index contributed by atoms with van der Waals surface area (Å²) < 4.78 is 4.73. The average Bonchev–Trinajstić information content (AvgIpc) is 2.95. The van der Waals surface area contributed by atoms with Crippen molar-refractivity contribution in [3.05, 3.63) is 0 Å². The molecular weight excluding hydrogens is 256 g/mol. The van der Waals surface area contributed by atoms with Crippen LogP contribution in [0, 0.1) is 22.7 Å². The summed E-state index contributed by atoms with van der Waals surface area (Å²) in [6.45, 7) is 4.88. The second-order valence-electron chi connectivity index (χ2n) is 5.45. The van der Waals surface area contributed by atoms with Crippen LogP contribution in [0.2, 0.25) is 0 Å². The molecule has 0 aromatic heterocycles. The Kier molecular flexibility index (Phi) is 6.00. The van der Waals surface area contributed by atoms with Gasteiger partial charge in [0.2, 0.25) is 5.91 Å². The second-order valence-corrected chi connectivity index (χ2v) is 5.45. The quantitative estimate of drug-likeness (QED) is 0.699. The number of methoxy groups -OCH3 is 1. The fourth-order valence-corrected chi connectivity index (χ4v) is 2.96. The maximum atomic E-state index is 12.7. The molecule has 1 amide bonds. The van der Waals surface area contributed by atoms with Crippen LogP contribution in [-0.2, 0) is 14.3 Å². The largest absolute Gasteiger partial charge is 0.469 e. The molecule has 0 aromatic rings. The summed E-state index contributed by atoms with van der Waals surface area (Å²) in [6, 6.07) is 2.24. The molecule has 0 radical (unpaired) electrons. The van der Waals surface area contributed by atoms with Crippen LogP contribution in [0.3, 0.4) is 0 Å². The van der Waals surface area contributed by atoms with Gasteiger partial charge in [-0.15, -0.1) is 0 Å². The molecular formula is C15H24N2O3. The highest BCUT2D eigenvalue weighted by Gasteiger charge is 2.43. The van der Waals surface area contributed by atoms with Gasteiger partial charge in [-0.25, -0.2) is 0 Å². The number of esters is 1. The first kappa shape index (κ1) is 16.5. The minimum absolute atomic E-state index is 0.116. The fraction of sp³-hybridized carbons (Fsp3) is 0.800. The molecule has 0 spiro atoms. The molecule has 1 aliphatic rings. The number of amides is 1. The van der Waals surface area contributed by atoms with Gasteiger partial charge in [0.1, 0.15) is 5.41 Å². The molecule has 5 nitrogen and oxygen atoms in total. The zero-order valence-corrected chi connectivity index (χ0v) is 12.6. The summed E-state index contributed by atoms with van der Waals surface area (Å²) in [7, 11) is 1.36. The van der Waals surface area contributed by atoms with E-state index in [0.29, 0.717) is 32.4 Å². The molecule has 0 saturated carbocycles. The van der Waals surface area contributed by atoms with E-state index in [0.717, 1.165) is 12.8 Å². The molecule has 1 heterocycles. The Morgan fingerprint density at radius 1 is 1.35 bits per heavy atom. The van der Waals surface area contributed by atoms with Gasteiger partial charge in [-0.2, -0.15) is 5.26 Å². The lowest BCUT2D eigenvalue weighted by Crippen LogP contribution is -2.42. The zero-order chi connectivity index (χ0) is 15.2. The van der Waals surface area contributed by atoms with E-state index >= 15 is 0 Å².